The van der Waals surface area contributed by atoms with Crippen molar-refractivity contribution in [2.75, 3.05) is 25.4 Å². The van der Waals surface area contributed by atoms with Gasteiger partial charge in [0.05, 0.1) is 5.70 Å². The molecular weight excluding hydrogens is 228 g/mol. The topological polar surface area (TPSA) is 6.48 Å². The summed E-state index contributed by atoms with van der Waals surface area (Å²) in [6.07, 6.45) is 12.0. The molecule has 17 heavy (non-hydrogen) atoms. The van der Waals surface area contributed by atoms with Crippen molar-refractivity contribution >= 4 is 11.8 Å². The quantitative estimate of drug-likeness (QED) is 0.701. The number of hydrogen-bond acceptors (Lipinski definition) is 3. The van der Waals surface area contributed by atoms with Gasteiger partial charge in [0.2, 0.25) is 0 Å². The van der Waals surface area contributed by atoms with Gasteiger partial charge in [-0.3, -0.25) is 0 Å². The molecule has 3 saturated heterocycles. The number of allylic oxidation sites excluding steroid dienone is 2. The van der Waals surface area contributed by atoms with Gasteiger partial charge in [-0.1, -0.05) is 0 Å². The SMILES string of the molecule is C1=CN([C@H]2CN3CCC2CC3)C2=CCSC2=C1. The van der Waals surface area contributed by atoms with Gasteiger partial charge in [-0.25, -0.2) is 0 Å². The lowest BCUT2D eigenvalue weighted by molar-refractivity contribution is 0.0383. The van der Waals surface area contributed by atoms with Crippen molar-refractivity contribution in [1.82, 2.24) is 9.80 Å². The van der Waals surface area contributed by atoms with Crippen LogP contribution >= 0.6 is 11.8 Å². The Hall–Kier alpha value is -0.670. The van der Waals surface area contributed by atoms with Crippen molar-refractivity contribution in [2.45, 2.75) is 18.9 Å². The van der Waals surface area contributed by atoms with Crippen molar-refractivity contribution in [1.29, 1.82) is 0 Å². The fraction of sp³-hybridized carbons (Fsp3) is 0.571. The molecular formula is C14H18N2S. The molecule has 3 fully saturated rings. The Morgan fingerprint density at radius 2 is 2.12 bits per heavy atom. The van der Waals surface area contributed by atoms with Crippen LogP contribution in [0.1, 0.15) is 12.8 Å². The number of thioether (sulfide) groups is 1. The zero-order valence-electron chi connectivity index (χ0n) is 10.0. The Labute approximate surface area is 107 Å². The Balaban J connectivity index is 1.63. The van der Waals surface area contributed by atoms with Crippen molar-refractivity contribution < 1.29 is 0 Å². The van der Waals surface area contributed by atoms with Crippen molar-refractivity contribution in [3.05, 3.63) is 35.0 Å². The molecule has 0 saturated carbocycles. The van der Waals surface area contributed by atoms with Crippen LogP contribution in [0.5, 0.6) is 0 Å². The molecule has 0 aromatic heterocycles. The Kier molecular flexibility index (Phi) is 2.37. The summed E-state index contributed by atoms with van der Waals surface area (Å²) >= 11 is 1.98. The van der Waals surface area contributed by atoms with Gasteiger partial charge in [-0.05, 0) is 50.1 Å². The smallest absolute Gasteiger partial charge is 0.0515 e. The first-order valence-corrected chi connectivity index (χ1v) is 7.63. The minimum Gasteiger partial charge on any atom is -0.343 e. The average molecular weight is 246 g/mol. The third-order valence-electron chi connectivity index (χ3n) is 4.52. The number of piperidine rings is 3. The van der Waals surface area contributed by atoms with Crippen LogP contribution in [0.15, 0.2) is 35.0 Å². The van der Waals surface area contributed by atoms with Gasteiger partial charge < -0.3 is 9.80 Å². The van der Waals surface area contributed by atoms with E-state index in [1.165, 1.54) is 43.1 Å². The first kappa shape index (κ1) is 10.3. The summed E-state index contributed by atoms with van der Waals surface area (Å²) in [5.41, 5.74) is 1.48. The van der Waals surface area contributed by atoms with E-state index in [1.807, 2.05) is 11.8 Å². The van der Waals surface area contributed by atoms with E-state index in [2.05, 4.69) is 34.2 Å². The summed E-state index contributed by atoms with van der Waals surface area (Å²) in [7, 11) is 0. The standard InChI is InChI=1S/C14H18N2S/c1-2-14-12(5-9-17-14)16(6-1)13-10-15-7-3-11(13)4-8-15/h1-2,5-6,11,13H,3-4,7-10H2/t13-/m0/s1. The summed E-state index contributed by atoms with van der Waals surface area (Å²) in [6.45, 7) is 3.93. The van der Waals surface area contributed by atoms with E-state index < -0.39 is 0 Å². The lowest BCUT2D eigenvalue weighted by Gasteiger charge is -2.49. The van der Waals surface area contributed by atoms with Crippen LogP contribution in [0.3, 0.4) is 0 Å². The van der Waals surface area contributed by atoms with E-state index >= 15 is 0 Å². The maximum atomic E-state index is 2.64. The van der Waals surface area contributed by atoms with Crippen LogP contribution in [0.25, 0.3) is 0 Å². The third kappa shape index (κ3) is 1.59. The Morgan fingerprint density at radius 1 is 1.24 bits per heavy atom. The molecule has 5 heterocycles. The highest BCUT2D eigenvalue weighted by atomic mass is 32.2. The first-order chi connectivity index (χ1) is 8.42. The predicted octanol–water partition coefficient (Wildman–Crippen LogP) is 2.42. The van der Waals surface area contributed by atoms with E-state index in [9.17, 15) is 0 Å². The van der Waals surface area contributed by atoms with Crippen LogP contribution in [0.2, 0.25) is 0 Å². The molecule has 3 heteroatoms. The number of nitrogens with zero attached hydrogens (tertiary/aromatic N) is 2. The highest BCUT2D eigenvalue weighted by Gasteiger charge is 2.38. The summed E-state index contributed by atoms with van der Waals surface area (Å²) in [4.78, 5) is 6.67. The van der Waals surface area contributed by atoms with Crippen molar-refractivity contribution in [2.24, 2.45) is 5.92 Å². The lowest BCUT2D eigenvalue weighted by atomic mass is 9.83. The Morgan fingerprint density at radius 3 is 2.88 bits per heavy atom. The van der Waals surface area contributed by atoms with E-state index in [0.717, 1.165) is 17.7 Å². The van der Waals surface area contributed by atoms with Gasteiger partial charge in [0, 0.05) is 29.4 Å². The van der Waals surface area contributed by atoms with Gasteiger partial charge in [-0.2, -0.15) is 0 Å². The highest BCUT2D eigenvalue weighted by Crippen LogP contribution is 2.40. The fourth-order valence-electron chi connectivity index (χ4n) is 3.59. The summed E-state index contributed by atoms with van der Waals surface area (Å²) in [6, 6.07) is 0.724. The minimum atomic E-state index is 0.724. The predicted molar refractivity (Wildman–Crippen MR) is 72.6 cm³/mol. The van der Waals surface area contributed by atoms with Crippen molar-refractivity contribution in [3.8, 4) is 0 Å². The molecule has 0 aromatic carbocycles. The summed E-state index contributed by atoms with van der Waals surface area (Å²) in [5, 5.41) is 0. The average Bonchev–Trinajstić information content (AvgIpc) is 2.88. The first-order valence-electron chi connectivity index (χ1n) is 6.64. The molecule has 90 valence electrons. The third-order valence-corrected chi connectivity index (χ3v) is 5.51. The van der Waals surface area contributed by atoms with E-state index in [1.54, 1.807) is 0 Å². The Bertz CT molecular complexity index is 416. The van der Waals surface area contributed by atoms with Crippen LogP contribution in [0.4, 0.5) is 0 Å². The molecule has 5 rings (SSSR count). The number of hydrogen-bond donors (Lipinski definition) is 0. The maximum absolute atomic E-state index is 2.64. The molecule has 0 spiro atoms. The normalized spacial score (nSPS) is 39.1. The van der Waals surface area contributed by atoms with Gasteiger partial charge >= 0.3 is 0 Å². The largest absolute Gasteiger partial charge is 0.343 e. The molecule has 2 bridgehead atoms. The molecule has 5 aliphatic rings. The number of rotatable bonds is 1. The summed E-state index contributed by atoms with van der Waals surface area (Å²) < 4.78 is 0. The molecule has 1 atom stereocenters. The number of fused-ring (bicyclic) bond motifs is 4. The molecule has 0 radical (unpaired) electrons. The van der Waals surface area contributed by atoms with Crippen LogP contribution in [-0.2, 0) is 0 Å². The molecule has 0 amide bonds. The van der Waals surface area contributed by atoms with Gasteiger partial charge in [0.1, 0.15) is 0 Å². The minimum absolute atomic E-state index is 0.724. The van der Waals surface area contributed by atoms with Crippen molar-refractivity contribution in [3.63, 3.8) is 0 Å². The lowest BCUT2D eigenvalue weighted by Crippen LogP contribution is -2.55. The highest BCUT2D eigenvalue weighted by molar-refractivity contribution is 8.03. The van der Waals surface area contributed by atoms with E-state index in [0.29, 0.717) is 0 Å². The molecule has 0 aromatic rings. The molecule has 0 N–H and O–H groups in total. The van der Waals surface area contributed by atoms with Crippen LogP contribution < -0.4 is 0 Å². The molecule has 2 nitrogen and oxygen atoms in total. The van der Waals surface area contributed by atoms with Gasteiger partial charge in [-0.15, -0.1) is 11.8 Å². The van der Waals surface area contributed by atoms with E-state index in [4.69, 9.17) is 0 Å². The van der Waals surface area contributed by atoms with E-state index in [-0.39, 0.29) is 0 Å². The maximum Gasteiger partial charge on any atom is 0.0515 e. The second-order valence-electron chi connectivity index (χ2n) is 5.39. The monoisotopic (exact) mass is 246 g/mol. The zero-order chi connectivity index (χ0) is 11.2. The molecule has 0 aliphatic carbocycles. The second kappa shape index (κ2) is 3.92. The van der Waals surface area contributed by atoms with Crippen LogP contribution in [0, 0.1) is 5.92 Å². The second-order valence-corrected chi connectivity index (χ2v) is 6.45. The fourth-order valence-corrected chi connectivity index (χ4v) is 4.52. The molecule has 5 aliphatic heterocycles. The summed E-state index contributed by atoms with van der Waals surface area (Å²) in [5.74, 6) is 2.07. The zero-order valence-corrected chi connectivity index (χ0v) is 10.8. The van der Waals surface area contributed by atoms with Crippen LogP contribution in [-0.4, -0.2) is 41.2 Å². The van der Waals surface area contributed by atoms with Gasteiger partial charge in [0.15, 0.2) is 0 Å². The molecule has 0 unspecified atom stereocenters. The van der Waals surface area contributed by atoms with Gasteiger partial charge in [0.25, 0.3) is 0 Å².